The second kappa shape index (κ2) is 5.87. The van der Waals surface area contributed by atoms with Gasteiger partial charge in [-0.15, -0.1) is 0 Å². The van der Waals surface area contributed by atoms with Crippen LogP contribution in [0.2, 0.25) is 0 Å². The SMILES string of the molecule is CN(CCC(N)=S)C(=O)CN1C(=O)C2CCCC2C1=O. The highest BCUT2D eigenvalue weighted by molar-refractivity contribution is 7.80. The summed E-state index contributed by atoms with van der Waals surface area (Å²) in [6.45, 7) is 0.232. The number of rotatable bonds is 5. The molecule has 2 unspecified atom stereocenters. The molecular weight excluding hydrogens is 278 g/mol. The maximum absolute atomic E-state index is 12.1. The van der Waals surface area contributed by atoms with Crippen LogP contribution in [-0.2, 0) is 14.4 Å². The third-order valence-corrected chi connectivity index (χ3v) is 4.30. The molecule has 0 aromatic rings. The van der Waals surface area contributed by atoms with Gasteiger partial charge in [-0.2, -0.15) is 0 Å². The topological polar surface area (TPSA) is 83.7 Å². The maximum atomic E-state index is 12.1. The summed E-state index contributed by atoms with van der Waals surface area (Å²) in [5, 5.41) is 0. The van der Waals surface area contributed by atoms with E-state index < -0.39 is 0 Å². The van der Waals surface area contributed by atoms with Crippen molar-refractivity contribution in [3.8, 4) is 0 Å². The van der Waals surface area contributed by atoms with Gasteiger partial charge in [0.05, 0.1) is 16.8 Å². The molecule has 1 aliphatic carbocycles. The molecule has 0 bridgehead atoms. The van der Waals surface area contributed by atoms with Crippen LogP contribution in [0.15, 0.2) is 0 Å². The number of likely N-dealkylation sites (N-methyl/N-ethyl adjacent to an activating group) is 1. The lowest BCUT2D eigenvalue weighted by atomic mass is 10.00. The van der Waals surface area contributed by atoms with E-state index in [9.17, 15) is 14.4 Å². The molecule has 7 heteroatoms. The number of carbonyl (C=O) groups excluding carboxylic acids is 3. The van der Waals surface area contributed by atoms with Crippen LogP contribution in [0.1, 0.15) is 25.7 Å². The van der Waals surface area contributed by atoms with Gasteiger partial charge in [0.25, 0.3) is 0 Å². The van der Waals surface area contributed by atoms with Crippen LogP contribution in [-0.4, -0.2) is 52.6 Å². The molecule has 2 N–H and O–H groups in total. The fourth-order valence-corrected chi connectivity index (χ4v) is 2.97. The van der Waals surface area contributed by atoms with Crippen molar-refractivity contribution in [3.05, 3.63) is 0 Å². The van der Waals surface area contributed by atoms with Crippen LogP contribution in [0.3, 0.4) is 0 Å². The molecule has 2 atom stereocenters. The Kier molecular flexibility index (Phi) is 4.37. The summed E-state index contributed by atoms with van der Waals surface area (Å²) in [6.07, 6.45) is 2.88. The molecular formula is C13H19N3O3S. The van der Waals surface area contributed by atoms with E-state index in [1.165, 1.54) is 4.90 Å². The lowest BCUT2D eigenvalue weighted by Gasteiger charge is -2.21. The van der Waals surface area contributed by atoms with Gasteiger partial charge in [-0.3, -0.25) is 19.3 Å². The Hall–Kier alpha value is -1.50. The van der Waals surface area contributed by atoms with Crippen LogP contribution in [0, 0.1) is 11.8 Å². The van der Waals surface area contributed by atoms with Gasteiger partial charge in [0.15, 0.2) is 0 Å². The first-order valence-corrected chi connectivity index (χ1v) is 7.20. The molecule has 1 aliphatic heterocycles. The molecule has 110 valence electrons. The van der Waals surface area contributed by atoms with E-state index in [4.69, 9.17) is 18.0 Å². The second-order valence-electron chi connectivity index (χ2n) is 5.44. The number of nitrogens with two attached hydrogens (primary N) is 1. The lowest BCUT2D eigenvalue weighted by Crippen LogP contribution is -2.42. The molecule has 3 amide bonds. The highest BCUT2D eigenvalue weighted by Crippen LogP contribution is 2.39. The van der Waals surface area contributed by atoms with Gasteiger partial charge in [0.1, 0.15) is 6.54 Å². The third kappa shape index (κ3) is 2.82. The zero-order valence-corrected chi connectivity index (χ0v) is 12.3. The zero-order chi connectivity index (χ0) is 14.9. The highest BCUT2D eigenvalue weighted by atomic mass is 32.1. The van der Waals surface area contributed by atoms with Crippen molar-refractivity contribution in [2.24, 2.45) is 17.6 Å². The number of imide groups is 1. The molecule has 6 nitrogen and oxygen atoms in total. The van der Waals surface area contributed by atoms with Crippen LogP contribution in [0.5, 0.6) is 0 Å². The van der Waals surface area contributed by atoms with Gasteiger partial charge < -0.3 is 10.6 Å². The molecule has 0 spiro atoms. The summed E-state index contributed by atoms with van der Waals surface area (Å²) in [4.78, 5) is 39.2. The van der Waals surface area contributed by atoms with Crippen LogP contribution in [0.25, 0.3) is 0 Å². The Labute approximate surface area is 123 Å². The Balaban J connectivity index is 1.93. The second-order valence-corrected chi connectivity index (χ2v) is 5.96. The van der Waals surface area contributed by atoms with Gasteiger partial charge in [-0.25, -0.2) is 0 Å². The number of fused-ring (bicyclic) bond motifs is 1. The quantitative estimate of drug-likeness (QED) is 0.566. The summed E-state index contributed by atoms with van der Waals surface area (Å²) in [7, 11) is 1.62. The smallest absolute Gasteiger partial charge is 0.242 e. The number of amides is 3. The van der Waals surface area contributed by atoms with Crippen LogP contribution >= 0.6 is 12.2 Å². The van der Waals surface area contributed by atoms with Crippen molar-refractivity contribution in [2.75, 3.05) is 20.1 Å². The van der Waals surface area contributed by atoms with Gasteiger partial charge >= 0.3 is 0 Å². The normalized spacial score (nSPS) is 24.9. The summed E-state index contributed by atoms with van der Waals surface area (Å²) < 4.78 is 0. The minimum atomic E-state index is -0.261. The van der Waals surface area contributed by atoms with Crippen molar-refractivity contribution in [1.82, 2.24) is 9.80 Å². The molecule has 0 aromatic heterocycles. The van der Waals surface area contributed by atoms with E-state index in [-0.39, 0.29) is 36.1 Å². The van der Waals surface area contributed by atoms with Crippen LogP contribution in [0.4, 0.5) is 0 Å². The molecule has 2 rings (SSSR count). The minimum absolute atomic E-state index is 0.168. The number of carbonyl (C=O) groups is 3. The van der Waals surface area contributed by atoms with Crippen molar-refractivity contribution < 1.29 is 14.4 Å². The van der Waals surface area contributed by atoms with Gasteiger partial charge in [0, 0.05) is 20.0 Å². The molecule has 2 aliphatic rings. The standard InChI is InChI=1S/C13H19N3O3S/c1-15(6-5-10(14)20)11(17)7-16-12(18)8-3-2-4-9(8)13(16)19/h8-9H,2-7H2,1H3,(H2,14,20). The zero-order valence-electron chi connectivity index (χ0n) is 11.5. The van der Waals surface area contributed by atoms with Gasteiger partial charge in [0.2, 0.25) is 17.7 Å². The summed E-state index contributed by atoms with van der Waals surface area (Å²) in [5.74, 6) is -1.03. The Morgan fingerprint density at radius 2 is 1.90 bits per heavy atom. The fraction of sp³-hybridized carbons (Fsp3) is 0.692. The number of likely N-dealkylation sites (tertiary alicyclic amines) is 1. The predicted molar refractivity (Wildman–Crippen MR) is 76.6 cm³/mol. The van der Waals surface area contributed by atoms with Gasteiger partial charge in [-0.1, -0.05) is 18.6 Å². The van der Waals surface area contributed by atoms with E-state index >= 15 is 0 Å². The van der Waals surface area contributed by atoms with E-state index in [1.54, 1.807) is 7.05 Å². The third-order valence-electron chi connectivity index (χ3n) is 4.10. The minimum Gasteiger partial charge on any atom is -0.393 e. The average Bonchev–Trinajstić information content (AvgIpc) is 2.95. The van der Waals surface area contributed by atoms with Crippen molar-refractivity contribution in [1.29, 1.82) is 0 Å². The van der Waals surface area contributed by atoms with Crippen molar-refractivity contribution in [3.63, 3.8) is 0 Å². The van der Waals surface area contributed by atoms with Gasteiger partial charge in [-0.05, 0) is 12.8 Å². The Morgan fingerprint density at radius 1 is 1.35 bits per heavy atom. The molecule has 0 radical (unpaired) electrons. The molecule has 1 saturated heterocycles. The first kappa shape index (κ1) is 14.9. The predicted octanol–water partition coefficient (Wildman–Crippen LogP) is -0.0939. The van der Waals surface area contributed by atoms with E-state index in [1.807, 2.05) is 0 Å². The summed E-state index contributed by atoms with van der Waals surface area (Å²) in [5.41, 5.74) is 5.39. The summed E-state index contributed by atoms with van der Waals surface area (Å²) in [6, 6.07) is 0. The molecule has 20 heavy (non-hydrogen) atoms. The van der Waals surface area contributed by atoms with E-state index in [0.717, 1.165) is 24.2 Å². The first-order chi connectivity index (χ1) is 9.41. The molecule has 0 aromatic carbocycles. The van der Waals surface area contributed by atoms with E-state index in [2.05, 4.69) is 0 Å². The number of thiocarbonyl (C=S) groups is 1. The first-order valence-electron chi connectivity index (χ1n) is 6.79. The largest absolute Gasteiger partial charge is 0.393 e. The highest BCUT2D eigenvalue weighted by Gasteiger charge is 2.50. The lowest BCUT2D eigenvalue weighted by molar-refractivity contribution is -0.146. The average molecular weight is 297 g/mol. The number of hydrogen-bond donors (Lipinski definition) is 1. The van der Waals surface area contributed by atoms with E-state index in [0.29, 0.717) is 18.0 Å². The fourth-order valence-electron chi connectivity index (χ4n) is 2.87. The monoisotopic (exact) mass is 297 g/mol. The van der Waals surface area contributed by atoms with Crippen molar-refractivity contribution >= 4 is 34.9 Å². The maximum Gasteiger partial charge on any atom is 0.242 e. The number of hydrogen-bond acceptors (Lipinski definition) is 4. The number of nitrogens with zero attached hydrogens (tertiary/aromatic N) is 2. The van der Waals surface area contributed by atoms with Crippen molar-refractivity contribution in [2.45, 2.75) is 25.7 Å². The molecule has 2 fully saturated rings. The summed E-state index contributed by atoms with van der Waals surface area (Å²) >= 11 is 4.76. The molecule has 1 saturated carbocycles. The Morgan fingerprint density at radius 3 is 2.40 bits per heavy atom. The van der Waals surface area contributed by atoms with Crippen LogP contribution < -0.4 is 5.73 Å². The Bertz CT molecular complexity index is 444. The molecule has 1 heterocycles.